The quantitative estimate of drug-likeness (QED) is 0.767. The van der Waals surface area contributed by atoms with Crippen molar-refractivity contribution in [3.05, 3.63) is 59.7 Å². The van der Waals surface area contributed by atoms with Crippen LogP contribution in [0.15, 0.2) is 48.5 Å². The molecule has 1 fully saturated rings. The van der Waals surface area contributed by atoms with Crippen LogP contribution in [0.3, 0.4) is 0 Å². The van der Waals surface area contributed by atoms with Crippen LogP contribution in [0.25, 0.3) is 0 Å². The highest BCUT2D eigenvalue weighted by Gasteiger charge is 2.21. The highest BCUT2D eigenvalue weighted by Crippen LogP contribution is 2.31. The Hall–Kier alpha value is -2.49. The van der Waals surface area contributed by atoms with Gasteiger partial charge in [-0.25, -0.2) is 0 Å². The predicted octanol–water partition coefficient (Wildman–Crippen LogP) is 4.54. The van der Waals surface area contributed by atoms with Gasteiger partial charge in [0.25, 0.3) is 0 Å². The molecule has 1 unspecified atom stereocenters. The number of carbonyl (C=O) groups excluding carboxylic acids is 1. The van der Waals surface area contributed by atoms with Gasteiger partial charge < -0.3 is 15.0 Å². The third-order valence-electron chi connectivity index (χ3n) is 5.45. The van der Waals surface area contributed by atoms with Crippen molar-refractivity contribution in [2.24, 2.45) is 0 Å². The SMILES string of the molecule is CCOc1ccc(N2CCC(c3ccc(CC(C)NC(C)=O)cc3)CC2)cc1. The van der Waals surface area contributed by atoms with Crippen LogP contribution < -0.4 is 15.0 Å². The number of ether oxygens (including phenoxy) is 1. The van der Waals surface area contributed by atoms with Gasteiger partial charge in [0.2, 0.25) is 5.91 Å². The van der Waals surface area contributed by atoms with Gasteiger partial charge >= 0.3 is 0 Å². The Kier molecular flexibility index (Phi) is 6.96. The Labute approximate surface area is 168 Å². The Bertz CT molecular complexity index is 747. The van der Waals surface area contributed by atoms with Gasteiger partial charge in [-0.3, -0.25) is 4.79 Å². The Morgan fingerprint density at radius 3 is 2.32 bits per heavy atom. The number of hydrogen-bond acceptors (Lipinski definition) is 3. The van der Waals surface area contributed by atoms with Crippen LogP contribution in [0.4, 0.5) is 5.69 Å². The number of anilines is 1. The minimum Gasteiger partial charge on any atom is -0.494 e. The van der Waals surface area contributed by atoms with E-state index in [4.69, 9.17) is 4.74 Å². The van der Waals surface area contributed by atoms with Crippen molar-refractivity contribution in [1.29, 1.82) is 0 Å². The van der Waals surface area contributed by atoms with Crippen LogP contribution in [-0.2, 0) is 11.2 Å². The lowest BCUT2D eigenvalue weighted by Gasteiger charge is -2.34. The Morgan fingerprint density at radius 1 is 1.11 bits per heavy atom. The summed E-state index contributed by atoms with van der Waals surface area (Å²) in [6.07, 6.45) is 3.22. The molecule has 0 spiro atoms. The fourth-order valence-corrected chi connectivity index (χ4v) is 4.07. The average molecular weight is 381 g/mol. The minimum absolute atomic E-state index is 0.0309. The summed E-state index contributed by atoms with van der Waals surface area (Å²) in [7, 11) is 0. The van der Waals surface area contributed by atoms with E-state index in [0.717, 1.165) is 25.3 Å². The molecule has 1 saturated heterocycles. The van der Waals surface area contributed by atoms with Gasteiger partial charge in [-0.15, -0.1) is 0 Å². The number of nitrogens with zero attached hydrogens (tertiary/aromatic N) is 1. The summed E-state index contributed by atoms with van der Waals surface area (Å²) >= 11 is 0. The molecule has 1 aliphatic heterocycles. The first kappa shape index (κ1) is 20.2. The van der Waals surface area contributed by atoms with Crippen molar-refractivity contribution in [3.63, 3.8) is 0 Å². The van der Waals surface area contributed by atoms with Crippen molar-refractivity contribution in [2.75, 3.05) is 24.6 Å². The van der Waals surface area contributed by atoms with E-state index in [1.54, 1.807) is 6.92 Å². The number of piperidine rings is 1. The number of benzene rings is 2. The van der Waals surface area contributed by atoms with Gasteiger partial charge in [-0.2, -0.15) is 0 Å². The minimum atomic E-state index is 0.0309. The summed E-state index contributed by atoms with van der Waals surface area (Å²) in [6, 6.07) is 17.6. The molecule has 0 radical (unpaired) electrons. The van der Waals surface area contributed by atoms with Crippen molar-refractivity contribution < 1.29 is 9.53 Å². The molecule has 1 aliphatic rings. The first-order valence-electron chi connectivity index (χ1n) is 10.4. The summed E-state index contributed by atoms with van der Waals surface area (Å²) in [5.41, 5.74) is 3.99. The van der Waals surface area contributed by atoms with Gasteiger partial charge in [-0.05, 0) is 74.4 Å². The maximum Gasteiger partial charge on any atom is 0.217 e. The molecule has 28 heavy (non-hydrogen) atoms. The maximum absolute atomic E-state index is 11.2. The van der Waals surface area contributed by atoms with E-state index >= 15 is 0 Å². The van der Waals surface area contributed by atoms with Crippen molar-refractivity contribution in [1.82, 2.24) is 5.32 Å². The standard InChI is InChI=1S/C24H32N2O2/c1-4-28-24-11-9-23(10-12-24)26-15-13-22(14-16-26)21-7-5-20(6-8-21)17-18(2)25-19(3)27/h5-12,18,22H,4,13-17H2,1-3H3,(H,25,27). The van der Waals surface area contributed by atoms with E-state index < -0.39 is 0 Å². The second-order valence-corrected chi connectivity index (χ2v) is 7.74. The first-order chi connectivity index (χ1) is 13.5. The summed E-state index contributed by atoms with van der Waals surface area (Å²) < 4.78 is 5.54. The molecule has 0 aromatic heterocycles. The normalized spacial score (nSPS) is 15.9. The zero-order valence-electron chi connectivity index (χ0n) is 17.3. The Morgan fingerprint density at radius 2 is 1.75 bits per heavy atom. The zero-order valence-corrected chi connectivity index (χ0v) is 17.3. The van der Waals surface area contributed by atoms with E-state index in [1.807, 2.05) is 13.8 Å². The van der Waals surface area contributed by atoms with Crippen LogP contribution in [0.2, 0.25) is 0 Å². The molecule has 2 aromatic carbocycles. The second-order valence-electron chi connectivity index (χ2n) is 7.74. The van der Waals surface area contributed by atoms with Gasteiger partial charge in [0.15, 0.2) is 0 Å². The molecule has 3 rings (SSSR count). The van der Waals surface area contributed by atoms with E-state index in [-0.39, 0.29) is 11.9 Å². The van der Waals surface area contributed by atoms with Gasteiger partial charge in [-0.1, -0.05) is 24.3 Å². The summed E-state index contributed by atoms with van der Waals surface area (Å²) in [5, 5.41) is 2.95. The predicted molar refractivity (Wildman–Crippen MR) is 115 cm³/mol. The smallest absolute Gasteiger partial charge is 0.217 e. The van der Waals surface area contributed by atoms with Crippen LogP contribution in [-0.4, -0.2) is 31.6 Å². The third-order valence-corrected chi connectivity index (χ3v) is 5.45. The van der Waals surface area contributed by atoms with Crippen molar-refractivity contribution in [3.8, 4) is 5.75 Å². The Balaban J connectivity index is 1.52. The number of hydrogen-bond donors (Lipinski definition) is 1. The first-order valence-corrected chi connectivity index (χ1v) is 10.4. The second kappa shape index (κ2) is 9.63. The van der Waals surface area contributed by atoms with Crippen molar-refractivity contribution in [2.45, 2.75) is 52.0 Å². The lowest BCUT2D eigenvalue weighted by molar-refractivity contribution is -0.119. The lowest BCUT2D eigenvalue weighted by Crippen LogP contribution is -2.33. The van der Waals surface area contributed by atoms with Gasteiger partial charge in [0.1, 0.15) is 5.75 Å². The molecule has 1 heterocycles. The van der Waals surface area contributed by atoms with Crippen molar-refractivity contribution >= 4 is 11.6 Å². The molecule has 1 amide bonds. The molecule has 0 bridgehead atoms. The summed E-state index contributed by atoms with van der Waals surface area (Å²) in [4.78, 5) is 13.6. The summed E-state index contributed by atoms with van der Waals surface area (Å²) in [6.45, 7) is 8.50. The molecule has 1 atom stereocenters. The van der Waals surface area contributed by atoms with Gasteiger partial charge in [0, 0.05) is 31.7 Å². The topological polar surface area (TPSA) is 41.6 Å². The van der Waals surface area contributed by atoms with Crippen LogP contribution in [0.5, 0.6) is 5.75 Å². The van der Waals surface area contributed by atoms with Crippen LogP contribution in [0.1, 0.15) is 50.7 Å². The number of amides is 1. The number of rotatable bonds is 7. The van der Waals surface area contributed by atoms with E-state index in [1.165, 1.54) is 29.7 Å². The zero-order chi connectivity index (χ0) is 19.9. The molecular formula is C24H32N2O2. The lowest BCUT2D eigenvalue weighted by atomic mass is 9.88. The van der Waals surface area contributed by atoms with E-state index in [2.05, 4.69) is 58.7 Å². The third kappa shape index (κ3) is 5.51. The van der Waals surface area contributed by atoms with Gasteiger partial charge in [0.05, 0.1) is 6.61 Å². The highest BCUT2D eigenvalue weighted by atomic mass is 16.5. The average Bonchev–Trinajstić information content (AvgIpc) is 2.69. The fourth-order valence-electron chi connectivity index (χ4n) is 4.07. The molecule has 4 heteroatoms. The number of nitrogens with one attached hydrogen (secondary N) is 1. The molecule has 0 saturated carbocycles. The fraction of sp³-hybridized carbons (Fsp3) is 0.458. The molecule has 4 nitrogen and oxygen atoms in total. The maximum atomic E-state index is 11.2. The molecule has 0 aliphatic carbocycles. The van der Waals surface area contributed by atoms with Crippen LogP contribution >= 0.6 is 0 Å². The largest absolute Gasteiger partial charge is 0.494 e. The van der Waals surface area contributed by atoms with Crippen LogP contribution in [0, 0.1) is 0 Å². The van der Waals surface area contributed by atoms with E-state index in [9.17, 15) is 4.79 Å². The molecular weight excluding hydrogens is 348 g/mol. The molecule has 2 aromatic rings. The summed E-state index contributed by atoms with van der Waals surface area (Å²) in [5.74, 6) is 1.60. The number of carbonyl (C=O) groups is 1. The van der Waals surface area contributed by atoms with E-state index in [0.29, 0.717) is 12.5 Å². The highest BCUT2D eigenvalue weighted by molar-refractivity contribution is 5.73. The monoisotopic (exact) mass is 380 g/mol. The molecule has 150 valence electrons. The molecule has 1 N–H and O–H groups in total.